The van der Waals surface area contributed by atoms with E-state index >= 15 is 0 Å². The molecule has 0 aromatic heterocycles. The molecule has 6 heteroatoms. The summed E-state index contributed by atoms with van der Waals surface area (Å²) in [5.74, 6) is -0.266. The zero-order valence-electron chi connectivity index (χ0n) is 14.6. The first-order valence-corrected chi connectivity index (χ1v) is 9.74. The van der Waals surface area contributed by atoms with Crippen LogP contribution in [0.5, 0.6) is 0 Å². The molecule has 0 unspecified atom stereocenters. The fourth-order valence-corrected chi connectivity index (χ4v) is 4.71. The average Bonchev–Trinajstić information content (AvgIpc) is 2.69. The third kappa shape index (κ3) is 3.48. The van der Waals surface area contributed by atoms with Gasteiger partial charge in [-0.05, 0) is 17.2 Å². The highest BCUT2D eigenvalue weighted by Crippen LogP contribution is 2.43. The quantitative estimate of drug-likeness (QED) is 0.808. The lowest BCUT2D eigenvalue weighted by Gasteiger charge is -2.41. The molecule has 1 atom stereocenters. The summed E-state index contributed by atoms with van der Waals surface area (Å²) in [6.45, 7) is 1.19. The monoisotopic (exact) mass is 379 g/mol. The van der Waals surface area contributed by atoms with Gasteiger partial charge in [-0.1, -0.05) is 60.3 Å². The van der Waals surface area contributed by atoms with E-state index in [4.69, 9.17) is 0 Å². The Kier molecular flexibility index (Phi) is 4.97. The number of rotatable bonds is 3. The smallest absolute Gasteiger partial charge is 0.229 e. The van der Waals surface area contributed by atoms with Crippen molar-refractivity contribution in [3.05, 3.63) is 82.1 Å². The standard InChI is InChI=1S/C21H18FN3OS/c22-19-9-5-4-8-16(19)17-10-20(26)25-13-24(12-15-6-2-1-3-7-15)14-27-21(25)18(17)11-23/h1-9,17H,10,12-14H2/t17-/m0/s1. The summed E-state index contributed by atoms with van der Waals surface area (Å²) in [5, 5.41) is 10.4. The van der Waals surface area contributed by atoms with Gasteiger partial charge in [-0.15, -0.1) is 0 Å². The average molecular weight is 379 g/mol. The molecule has 2 aromatic carbocycles. The number of thioether (sulfide) groups is 1. The Bertz CT molecular complexity index is 938. The number of halogens is 1. The maximum absolute atomic E-state index is 14.3. The Morgan fingerprint density at radius 1 is 1.15 bits per heavy atom. The fraction of sp³-hybridized carbons (Fsp3) is 0.238. The first-order chi connectivity index (χ1) is 13.2. The minimum atomic E-state index is -0.511. The van der Waals surface area contributed by atoms with Gasteiger partial charge in [0.05, 0.1) is 29.2 Å². The normalized spacial score (nSPS) is 20.4. The van der Waals surface area contributed by atoms with E-state index in [1.807, 2.05) is 18.2 Å². The lowest BCUT2D eigenvalue weighted by Crippen LogP contribution is -2.47. The van der Waals surface area contributed by atoms with Gasteiger partial charge >= 0.3 is 0 Å². The van der Waals surface area contributed by atoms with Gasteiger partial charge in [-0.25, -0.2) is 4.39 Å². The van der Waals surface area contributed by atoms with E-state index in [-0.39, 0.29) is 18.1 Å². The van der Waals surface area contributed by atoms with Crippen molar-refractivity contribution < 1.29 is 9.18 Å². The largest absolute Gasteiger partial charge is 0.292 e. The van der Waals surface area contributed by atoms with Crippen molar-refractivity contribution in [2.45, 2.75) is 18.9 Å². The Labute approximate surface area is 161 Å². The Balaban J connectivity index is 1.61. The van der Waals surface area contributed by atoms with Crippen LogP contribution in [-0.4, -0.2) is 28.3 Å². The van der Waals surface area contributed by atoms with Gasteiger partial charge < -0.3 is 0 Å². The van der Waals surface area contributed by atoms with Crippen LogP contribution in [0.1, 0.15) is 23.5 Å². The number of hydrogen-bond donors (Lipinski definition) is 0. The summed E-state index contributed by atoms with van der Waals surface area (Å²) in [6, 6.07) is 18.7. The molecule has 0 N–H and O–H groups in total. The number of nitriles is 1. The van der Waals surface area contributed by atoms with E-state index in [0.717, 1.165) is 6.54 Å². The molecule has 2 aliphatic rings. The molecule has 0 spiro atoms. The van der Waals surface area contributed by atoms with Crippen molar-refractivity contribution in [1.82, 2.24) is 9.80 Å². The van der Waals surface area contributed by atoms with Gasteiger partial charge in [0.1, 0.15) is 5.82 Å². The van der Waals surface area contributed by atoms with Gasteiger partial charge in [0.15, 0.2) is 0 Å². The van der Waals surface area contributed by atoms with Crippen LogP contribution in [0.3, 0.4) is 0 Å². The maximum atomic E-state index is 14.3. The van der Waals surface area contributed by atoms with Gasteiger partial charge in [-0.3, -0.25) is 14.6 Å². The Morgan fingerprint density at radius 2 is 1.89 bits per heavy atom. The second-order valence-electron chi connectivity index (χ2n) is 6.66. The molecule has 0 radical (unpaired) electrons. The van der Waals surface area contributed by atoms with Crippen LogP contribution in [0.25, 0.3) is 0 Å². The van der Waals surface area contributed by atoms with Gasteiger partial charge in [0.2, 0.25) is 5.91 Å². The molecule has 1 fully saturated rings. The molecular formula is C21H18FN3OS. The van der Waals surface area contributed by atoms with Crippen LogP contribution in [0.4, 0.5) is 4.39 Å². The van der Waals surface area contributed by atoms with E-state index < -0.39 is 5.92 Å². The molecule has 0 saturated carbocycles. The number of carbonyl (C=O) groups is 1. The molecule has 4 nitrogen and oxygen atoms in total. The maximum Gasteiger partial charge on any atom is 0.229 e. The number of allylic oxidation sites excluding steroid dienone is 1. The van der Waals surface area contributed by atoms with Crippen molar-refractivity contribution in [2.75, 3.05) is 12.5 Å². The molecule has 0 aliphatic carbocycles. The van der Waals surface area contributed by atoms with Crippen LogP contribution in [0.2, 0.25) is 0 Å². The lowest BCUT2D eigenvalue weighted by atomic mass is 9.86. The van der Waals surface area contributed by atoms with Crippen molar-refractivity contribution in [3.63, 3.8) is 0 Å². The molecule has 0 bridgehead atoms. The molecule has 1 saturated heterocycles. The zero-order chi connectivity index (χ0) is 18.8. The molecule has 2 heterocycles. The van der Waals surface area contributed by atoms with Crippen LogP contribution >= 0.6 is 11.8 Å². The number of fused-ring (bicyclic) bond motifs is 1. The van der Waals surface area contributed by atoms with E-state index in [9.17, 15) is 14.4 Å². The van der Waals surface area contributed by atoms with E-state index in [2.05, 4.69) is 23.1 Å². The Hall–Kier alpha value is -2.62. The number of carbonyl (C=O) groups excluding carboxylic acids is 1. The molecule has 4 rings (SSSR count). The van der Waals surface area contributed by atoms with Crippen molar-refractivity contribution in [1.29, 1.82) is 5.26 Å². The van der Waals surface area contributed by atoms with E-state index in [1.54, 1.807) is 23.1 Å². The van der Waals surface area contributed by atoms with Gasteiger partial charge in [-0.2, -0.15) is 5.26 Å². The second kappa shape index (κ2) is 7.55. The molecule has 2 aliphatic heterocycles. The number of nitrogens with zero attached hydrogens (tertiary/aromatic N) is 3. The highest BCUT2D eigenvalue weighted by atomic mass is 32.2. The predicted molar refractivity (Wildman–Crippen MR) is 103 cm³/mol. The summed E-state index contributed by atoms with van der Waals surface area (Å²) in [6.07, 6.45) is 0.118. The zero-order valence-corrected chi connectivity index (χ0v) is 15.5. The number of amides is 1. The van der Waals surface area contributed by atoms with Crippen LogP contribution in [-0.2, 0) is 11.3 Å². The van der Waals surface area contributed by atoms with Crippen molar-refractivity contribution in [3.8, 4) is 6.07 Å². The van der Waals surface area contributed by atoms with E-state index in [1.165, 1.54) is 23.4 Å². The second-order valence-corrected chi connectivity index (χ2v) is 7.59. The Morgan fingerprint density at radius 3 is 2.63 bits per heavy atom. The SMILES string of the molecule is N#CC1=C2SCN(Cc3ccccc3)CN2C(=O)C[C@H]1c1ccccc1F. The first kappa shape index (κ1) is 17.8. The first-order valence-electron chi connectivity index (χ1n) is 8.75. The number of benzene rings is 2. The van der Waals surface area contributed by atoms with Crippen molar-refractivity contribution in [2.24, 2.45) is 0 Å². The van der Waals surface area contributed by atoms with Crippen LogP contribution in [0, 0.1) is 17.1 Å². The lowest BCUT2D eigenvalue weighted by molar-refractivity contribution is -0.131. The molecular weight excluding hydrogens is 361 g/mol. The summed E-state index contributed by atoms with van der Waals surface area (Å²) in [4.78, 5) is 16.6. The molecule has 1 amide bonds. The number of hydrogen-bond acceptors (Lipinski definition) is 4. The predicted octanol–water partition coefficient (Wildman–Crippen LogP) is 4.04. The molecule has 136 valence electrons. The minimum absolute atomic E-state index is 0.0671. The van der Waals surface area contributed by atoms with Crippen LogP contribution in [0.15, 0.2) is 65.2 Å². The highest BCUT2D eigenvalue weighted by Gasteiger charge is 2.38. The minimum Gasteiger partial charge on any atom is -0.292 e. The summed E-state index contributed by atoms with van der Waals surface area (Å²) in [5.41, 5.74) is 2.09. The van der Waals surface area contributed by atoms with Crippen molar-refractivity contribution >= 4 is 17.7 Å². The highest BCUT2D eigenvalue weighted by molar-refractivity contribution is 8.03. The topological polar surface area (TPSA) is 47.3 Å². The third-order valence-electron chi connectivity index (χ3n) is 4.88. The fourth-order valence-electron chi connectivity index (χ4n) is 3.57. The molecule has 27 heavy (non-hydrogen) atoms. The summed E-state index contributed by atoms with van der Waals surface area (Å²) in [7, 11) is 0. The molecule has 2 aromatic rings. The summed E-state index contributed by atoms with van der Waals surface area (Å²) < 4.78 is 14.3. The third-order valence-corrected chi connectivity index (χ3v) is 6.09. The summed E-state index contributed by atoms with van der Waals surface area (Å²) >= 11 is 1.48. The van der Waals surface area contributed by atoms with E-state index in [0.29, 0.717) is 28.7 Å². The van der Waals surface area contributed by atoms with Gasteiger partial charge in [0, 0.05) is 18.9 Å². The van der Waals surface area contributed by atoms with Crippen LogP contribution < -0.4 is 0 Å². The van der Waals surface area contributed by atoms with Gasteiger partial charge in [0.25, 0.3) is 0 Å².